The summed E-state index contributed by atoms with van der Waals surface area (Å²) in [6.45, 7) is 2.01. The Morgan fingerprint density at radius 1 is 1.25 bits per heavy atom. The Morgan fingerprint density at radius 3 is 2.30 bits per heavy atom. The van der Waals surface area contributed by atoms with Crippen molar-refractivity contribution in [3.63, 3.8) is 0 Å². The molecule has 0 unspecified atom stereocenters. The van der Waals surface area contributed by atoms with Gasteiger partial charge in [-0.3, -0.25) is 0 Å². The molecular weight excluding hydrogens is 272 g/mol. The smallest absolute Gasteiger partial charge is 0.240 e. The van der Waals surface area contributed by atoms with Crippen LogP contribution in [-0.4, -0.2) is 14.5 Å². The summed E-state index contributed by atoms with van der Waals surface area (Å²) in [5, 5.41) is 0. The van der Waals surface area contributed by atoms with E-state index in [0.717, 1.165) is 37.7 Å². The Bertz CT molecular complexity index is 592. The molecule has 4 nitrogen and oxygen atoms in total. The van der Waals surface area contributed by atoms with Crippen LogP contribution in [0.4, 0.5) is 5.69 Å². The highest BCUT2D eigenvalue weighted by molar-refractivity contribution is 7.89. The van der Waals surface area contributed by atoms with E-state index in [1.165, 1.54) is 0 Å². The van der Waals surface area contributed by atoms with E-state index in [4.69, 9.17) is 5.73 Å². The van der Waals surface area contributed by atoms with Gasteiger partial charge in [0.15, 0.2) is 0 Å². The fraction of sp³-hybridized carbons (Fsp3) is 0.600. The van der Waals surface area contributed by atoms with Gasteiger partial charge in [0.25, 0.3) is 0 Å². The molecule has 0 radical (unpaired) electrons. The maximum Gasteiger partial charge on any atom is 0.240 e. The van der Waals surface area contributed by atoms with Crippen LogP contribution in [0, 0.1) is 11.8 Å². The SMILES string of the molecule is CCc1ccc(S(=O)(=O)NC(C2CC2)C2CC2)cc1N. The van der Waals surface area contributed by atoms with Crippen LogP contribution in [0.3, 0.4) is 0 Å². The van der Waals surface area contributed by atoms with E-state index in [1.54, 1.807) is 12.1 Å². The average molecular weight is 294 g/mol. The zero-order chi connectivity index (χ0) is 14.3. The van der Waals surface area contributed by atoms with Gasteiger partial charge in [-0.15, -0.1) is 0 Å². The molecule has 0 spiro atoms. The van der Waals surface area contributed by atoms with Crippen molar-refractivity contribution in [2.24, 2.45) is 11.8 Å². The zero-order valence-corrected chi connectivity index (χ0v) is 12.6. The van der Waals surface area contributed by atoms with Crippen molar-refractivity contribution in [1.82, 2.24) is 4.72 Å². The third-order valence-corrected chi connectivity index (χ3v) is 5.82. The topological polar surface area (TPSA) is 72.2 Å². The molecule has 0 heterocycles. The van der Waals surface area contributed by atoms with Crippen LogP contribution in [0.25, 0.3) is 0 Å². The zero-order valence-electron chi connectivity index (χ0n) is 11.8. The molecule has 3 N–H and O–H groups in total. The Hall–Kier alpha value is -1.07. The predicted octanol–water partition coefficient (Wildman–Crippen LogP) is 2.30. The van der Waals surface area contributed by atoms with E-state index >= 15 is 0 Å². The number of hydrogen-bond donors (Lipinski definition) is 2. The van der Waals surface area contributed by atoms with E-state index in [1.807, 2.05) is 13.0 Å². The molecule has 2 fully saturated rings. The second-order valence-corrected chi connectivity index (χ2v) is 7.75. The largest absolute Gasteiger partial charge is 0.398 e. The summed E-state index contributed by atoms with van der Waals surface area (Å²) in [7, 11) is -3.45. The summed E-state index contributed by atoms with van der Waals surface area (Å²) in [5.74, 6) is 1.09. The van der Waals surface area contributed by atoms with Crippen molar-refractivity contribution >= 4 is 15.7 Å². The molecule has 0 aliphatic heterocycles. The summed E-state index contributed by atoms with van der Waals surface area (Å²) in [6, 6.07) is 5.19. The van der Waals surface area contributed by atoms with Gasteiger partial charge in [-0.2, -0.15) is 0 Å². The summed E-state index contributed by atoms with van der Waals surface area (Å²) in [6.07, 6.45) is 5.43. The molecule has 0 bridgehead atoms. The average Bonchev–Trinajstić information content (AvgIpc) is 3.29. The Kier molecular flexibility index (Phi) is 3.50. The first kappa shape index (κ1) is 13.9. The van der Waals surface area contributed by atoms with Gasteiger partial charge >= 0.3 is 0 Å². The van der Waals surface area contributed by atoms with Crippen molar-refractivity contribution in [1.29, 1.82) is 0 Å². The third kappa shape index (κ3) is 2.83. The number of sulfonamides is 1. The molecule has 20 heavy (non-hydrogen) atoms. The van der Waals surface area contributed by atoms with Crippen molar-refractivity contribution in [2.75, 3.05) is 5.73 Å². The van der Waals surface area contributed by atoms with Crippen molar-refractivity contribution in [2.45, 2.75) is 50.0 Å². The lowest BCUT2D eigenvalue weighted by atomic mass is 10.1. The summed E-state index contributed by atoms with van der Waals surface area (Å²) in [5.41, 5.74) is 7.46. The molecule has 5 heteroatoms. The molecule has 2 aliphatic rings. The fourth-order valence-electron chi connectivity index (χ4n) is 2.80. The van der Waals surface area contributed by atoms with E-state index in [2.05, 4.69) is 4.72 Å². The Labute approximate surface area is 120 Å². The molecule has 0 amide bonds. The van der Waals surface area contributed by atoms with Crippen LogP contribution >= 0.6 is 0 Å². The van der Waals surface area contributed by atoms with Crippen LogP contribution in [0.15, 0.2) is 23.1 Å². The molecule has 0 saturated heterocycles. The second-order valence-electron chi connectivity index (χ2n) is 6.04. The molecule has 2 saturated carbocycles. The predicted molar refractivity (Wildman–Crippen MR) is 79.8 cm³/mol. The van der Waals surface area contributed by atoms with Gasteiger partial charge in [0.1, 0.15) is 0 Å². The summed E-state index contributed by atoms with van der Waals surface area (Å²) in [4.78, 5) is 0.290. The fourth-order valence-corrected chi connectivity index (χ4v) is 4.21. The highest BCUT2D eigenvalue weighted by atomic mass is 32.2. The number of benzene rings is 1. The van der Waals surface area contributed by atoms with E-state index in [9.17, 15) is 8.42 Å². The van der Waals surface area contributed by atoms with Gasteiger partial charge in [-0.25, -0.2) is 13.1 Å². The maximum atomic E-state index is 12.5. The highest BCUT2D eigenvalue weighted by Crippen LogP contribution is 2.45. The minimum absolute atomic E-state index is 0.132. The minimum Gasteiger partial charge on any atom is -0.398 e. The van der Waals surface area contributed by atoms with Crippen molar-refractivity contribution < 1.29 is 8.42 Å². The van der Waals surface area contributed by atoms with E-state index in [-0.39, 0.29) is 6.04 Å². The van der Waals surface area contributed by atoms with Crippen molar-refractivity contribution in [3.8, 4) is 0 Å². The first-order valence-electron chi connectivity index (χ1n) is 7.42. The van der Waals surface area contributed by atoms with Crippen LogP contribution in [0.2, 0.25) is 0 Å². The van der Waals surface area contributed by atoms with Gasteiger partial charge < -0.3 is 5.73 Å². The second kappa shape index (κ2) is 5.04. The van der Waals surface area contributed by atoms with Gasteiger partial charge in [0.2, 0.25) is 10.0 Å². The summed E-state index contributed by atoms with van der Waals surface area (Å²) >= 11 is 0. The monoisotopic (exact) mass is 294 g/mol. The van der Waals surface area contributed by atoms with Gasteiger partial charge in [-0.1, -0.05) is 13.0 Å². The van der Waals surface area contributed by atoms with E-state index < -0.39 is 10.0 Å². The normalized spacial score (nSPS) is 19.5. The highest BCUT2D eigenvalue weighted by Gasteiger charge is 2.43. The number of nitrogens with two attached hydrogens (primary N) is 1. The quantitative estimate of drug-likeness (QED) is 0.791. The third-order valence-electron chi connectivity index (χ3n) is 4.36. The Balaban J connectivity index is 1.81. The number of hydrogen-bond acceptors (Lipinski definition) is 3. The number of nitrogens with one attached hydrogen (secondary N) is 1. The molecular formula is C15H22N2O2S. The first-order chi connectivity index (χ1) is 9.51. The molecule has 0 atom stereocenters. The summed E-state index contributed by atoms with van der Waals surface area (Å²) < 4.78 is 27.9. The lowest BCUT2D eigenvalue weighted by Crippen LogP contribution is -2.38. The molecule has 1 aromatic rings. The van der Waals surface area contributed by atoms with Crippen LogP contribution in [-0.2, 0) is 16.4 Å². The van der Waals surface area contributed by atoms with Crippen LogP contribution < -0.4 is 10.5 Å². The molecule has 0 aromatic heterocycles. The molecule has 1 aromatic carbocycles. The van der Waals surface area contributed by atoms with Crippen LogP contribution in [0.5, 0.6) is 0 Å². The van der Waals surface area contributed by atoms with Crippen molar-refractivity contribution in [3.05, 3.63) is 23.8 Å². The number of rotatable bonds is 6. The van der Waals surface area contributed by atoms with Gasteiger partial charge in [-0.05, 0) is 61.6 Å². The molecule has 2 aliphatic carbocycles. The van der Waals surface area contributed by atoms with E-state index in [0.29, 0.717) is 22.4 Å². The lowest BCUT2D eigenvalue weighted by molar-refractivity contribution is 0.471. The molecule has 3 rings (SSSR count). The number of aryl methyl sites for hydroxylation is 1. The Morgan fingerprint density at radius 2 is 1.85 bits per heavy atom. The first-order valence-corrected chi connectivity index (χ1v) is 8.90. The standard InChI is InChI=1S/C15H22N2O2S/c1-2-10-7-8-13(9-14(10)16)20(18,19)17-15(11-3-4-11)12-5-6-12/h7-9,11-12,15,17H,2-6,16H2,1H3. The number of anilines is 1. The van der Waals surface area contributed by atoms with Crippen LogP contribution in [0.1, 0.15) is 38.2 Å². The van der Waals surface area contributed by atoms with Gasteiger partial charge in [0, 0.05) is 11.7 Å². The number of nitrogen functional groups attached to an aromatic ring is 1. The maximum absolute atomic E-state index is 12.5. The minimum atomic E-state index is -3.45. The molecule has 110 valence electrons. The van der Waals surface area contributed by atoms with Gasteiger partial charge in [0.05, 0.1) is 4.90 Å². The lowest BCUT2D eigenvalue weighted by Gasteiger charge is -2.18.